The van der Waals surface area contributed by atoms with Crippen LogP contribution in [0, 0.1) is 0 Å². The lowest BCUT2D eigenvalue weighted by Gasteiger charge is -2.43. The van der Waals surface area contributed by atoms with E-state index in [1.54, 1.807) is 0 Å². The van der Waals surface area contributed by atoms with Crippen molar-refractivity contribution >= 4 is 49.5 Å². The van der Waals surface area contributed by atoms with Gasteiger partial charge in [0.15, 0.2) is 0 Å². The maximum Gasteiger partial charge on any atom is 0.302 e. The van der Waals surface area contributed by atoms with Crippen molar-refractivity contribution in [1.29, 1.82) is 0 Å². The van der Waals surface area contributed by atoms with Gasteiger partial charge in [-0.2, -0.15) is 0 Å². The summed E-state index contributed by atoms with van der Waals surface area (Å²) in [5.74, 6) is 0. The molecule has 1 saturated carbocycles. The summed E-state index contributed by atoms with van der Waals surface area (Å²) in [6.07, 6.45) is 7.24. The Bertz CT molecular complexity index is 316. The van der Waals surface area contributed by atoms with Crippen LogP contribution in [-0.2, 0) is 0 Å². The second-order valence-electron chi connectivity index (χ2n) is 9.52. The van der Waals surface area contributed by atoms with E-state index in [9.17, 15) is 0 Å². The molecule has 1 aliphatic rings. The van der Waals surface area contributed by atoms with Gasteiger partial charge >= 0.3 is 4.67 Å². The predicted molar refractivity (Wildman–Crippen MR) is 122 cm³/mol. The minimum atomic E-state index is -1.62. The smallest absolute Gasteiger partial charge is 0.148 e. The molecule has 0 atom stereocenters. The second kappa shape index (κ2) is 8.54. The lowest BCUT2D eigenvalue weighted by molar-refractivity contribution is 0.517. The molecule has 0 N–H and O–H groups in total. The van der Waals surface area contributed by atoms with E-state index >= 15 is 0 Å². The van der Waals surface area contributed by atoms with Gasteiger partial charge < -0.3 is 0 Å². The lowest BCUT2D eigenvalue weighted by Crippen LogP contribution is -2.36. The summed E-state index contributed by atoms with van der Waals surface area (Å²) in [6.45, 7) is 21.7. The minimum Gasteiger partial charge on any atom is -0.148 e. The van der Waals surface area contributed by atoms with Crippen LogP contribution < -0.4 is 0 Å². The molecule has 0 nitrogen and oxygen atoms in total. The lowest BCUT2D eigenvalue weighted by atomic mass is 10.0. The summed E-state index contributed by atoms with van der Waals surface area (Å²) >= 11 is 9.39. The normalized spacial score (nSPS) is 19.2. The Morgan fingerprint density at radius 1 is 0.609 bits per heavy atom. The molecular weight excluding hydrogens is 373 g/mol. The fourth-order valence-electron chi connectivity index (χ4n) is 2.65. The van der Waals surface area contributed by atoms with Crippen LogP contribution >= 0.6 is 44.8 Å². The SMILES string of the molecule is CC(C)(C)S[Si](SC1CCCCC1)(SC(C)(C)C)SC(C)(C)C. The van der Waals surface area contributed by atoms with Crippen molar-refractivity contribution in [3.8, 4) is 0 Å². The zero-order valence-electron chi connectivity index (χ0n) is 16.7. The van der Waals surface area contributed by atoms with Crippen molar-refractivity contribution in [3.63, 3.8) is 0 Å². The molecule has 1 aliphatic carbocycles. The molecule has 0 saturated heterocycles. The molecule has 1 fully saturated rings. The van der Waals surface area contributed by atoms with Gasteiger partial charge in [-0.25, -0.2) is 0 Å². The van der Waals surface area contributed by atoms with Crippen molar-refractivity contribution in [2.45, 2.75) is 114 Å². The van der Waals surface area contributed by atoms with E-state index in [4.69, 9.17) is 0 Å². The average Bonchev–Trinajstić information content (AvgIpc) is 2.21. The van der Waals surface area contributed by atoms with Crippen LogP contribution in [0.15, 0.2) is 0 Å². The highest BCUT2D eigenvalue weighted by Crippen LogP contribution is 2.62. The predicted octanol–water partition coefficient (Wildman–Crippen LogP) is 8.08. The van der Waals surface area contributed by atoms with Crippen molar-refractivity contribution in [2.24, 2.45) is 0 Å². The molecule has 0 aromatic rings. The average molecular weight is 411 g/mol. The van der Waals surface area contributed by atoms with E-state index in [1.807, 2.05) is 0 Å². The number of rotatable bonds is 5. The quantitative estimate of drug-likeness (QED) is 0.420. The first-order chi connectivity index (χ1) is 10.2. The Balaban J connectivity index is 3.08. The fourth-order valence-corrected chi connectivity index (χ4v) is 42.0. The molecule has 0 unspecified atom stereocenters. The Morgan fingerprint density at radius 2 is 0.957 bits per heavy atom. The van der Waals surface area contributed by atoms with Gasteiger partial charge in [0, 0.05) is 19.5 Å². The van der Waals surface area contributed by atoms with Gasteiger partial charge in [0.05, 0.1) is 0 Å². The van der Waals surface area contributed by atoms with Crippen LogP contribution in [0.2, 0.25) is 0 Å². The number of hydrogen-bond donors (Lipinski definition) is 0. The molecule has 0 bridgehead atoms. The molecule has 0 aromatic heterocycles. The first kappa shape index (κ1) is 22.7. The third-order valence-electron chi connectivity index (χ3n) is 3.16. The van der Waals surface area contributed by atoms with E-state index in [-0.39, 0.29) is 0 Å². The largest absolute Gasteiger partial charge is 0.302 e. The van der Waals surface area contributed by atoms with Gasteiger partial charge in [-0.3, -0.25) is 0 Å². The van der Waals surface area contributed by atoms with E-state index in [1.165, 1.54) is 32.1 Å². The van der Waals surface area contributed by atoms with Crippen LogP contribution in [0.3, 0.4) is 0 Å². The zero-order chi connectivity index (χ0) is 17.9. The molecule has 23 heavy (non-hydrogen) atoms. The van der Waals surface area contributed by atoms with Crippen molar-refractivity contribution in [3.05, 3.63) is 0 Å². The molecule has 0 aromatic carbocycles. The highest BCUT2D eigenvalue weighted by atomic mass is 32.9. The highest BCUT2D eigenvalue weighted by Gasteiger charge is 2.48. The molecule has 0 heterocycles. The van der Waals surface area contributed by atoms with Crippen LogP contribution in [0.1, 0.15) is 94.4 Å². The summed E-state index contributed by atoms with van der Waals surface area (Å²) in [6, 6.07) is 0. The van der Waals surface area contributed by atoms with Gasteiger partial charge in [0.1, 0.15) is 0 Å². The van der Waals surface area contributed by atoms with Crippen LogP contribution in [-0.4, -0.2) is 24.2 Å². The first-order valence-corrected chi connectivity index (χ1v) is 17.2. The first-order valence-electron chi connectivity index (χ1n) is 8.98. The van der Waals surface area contributed by atoms with Crippen LogP contribution in [0.4, 0.5) is 0 Å². The van der Waals surface area contributed by atoms with E-state index < -0.39 is 4.67 Å². The topological polar surface area (TPSA) is 0 Å². The van der Waals surface area contributed by atoms with Crippen molar-refractivity contribution < 1.29 is 0 Å². The summed E-state index contributed by atoms with van der Waals surface area (Å²) in [5, 5.41) is 0.898. The molecular formula is C18H38S4Si. The Kier molecular flexibility index (Phi) is 8.41. The Labute approximate surface area is 162 Å². The molecule has 0 spiro atoms. The third-order valence-corrected chi connectivity index (χ3v) is 25.8. The van der Waals surface area contributed by atoms with E-state index in [0.717, 1.165) is 5.25 Å². The molecule has 5 heteroatoms. The summed E-state index contributed by atoms with van der Waals surface area (Å²) < 4.78 is -0.609. The van der Waals surface area contributed by atoms with Gasteiger partial charge in [-0.15, -0.1) is 44.8 Å². The molecule has 1 rings (SSSR count). The van der Waals surface area contributed by atoms with Crippen LogP contribution in [0.5, 0.6) is 0 Å². The second-order valence-corrected chi connectivity index (χ2v) is 30.3. The minimum absolute atomic E-state index is 0.338. The van der Waals surface area contributed by atoms with Gasteiger partial charge in [0.2, 0.25) is 0 Å². The monoisotopic (exact) mass is 410 g/mol. The molecule has 0 radical (unpaired) electrons. The highest BCUT2D eigenvalue weighted by molar-refractivity contribution is 9.00. The zero-order valence-corrected chi connectivity index (χ0v) is 21.0. The van der Waals surface area contributed by atoms with E-state index in [0.29, 0.717) is 14.2 Å². The summed E-state index contributed by atoms with van der Waals surface area (Å²) in [5.41, 5.74) is 0. The Morgan fingerprint density at radius 3 is 1.26 bits per heavy atom. The summed E-state index contributed by atoms with van der Waals surface area (Å²) in [4.78, 5) is 0. The number of hydrogen-bond acceptors (Lipinski definition) is 4. The summed E-state index contributed by atoms with van der Waals surface area (Å²) in [7, 11) is 0. The van der Waals surface area contributed by atoms with Gasteiger partial charge in [-0.1, -0.05) is 81.6 Å². The standard InChI is InChI=1S/C18H38S4Si/c1-16(2,3)20-23(21-17(4,5)6,22-18(7,8)9)19-15-13-11-10-12-14-15/h15H,10-14H2,1-9H3. The molecule has 138 valence electrons. The molecule has 0 aliphatic heterocycles. The van der Waals surface area contributed by atoms with Crippen molar-refractivity contribution in [2.75, 3.05) is 0 Å². The Hall–Kier alpha value is 1.62. The van der Waals surface area contributed by atoms with E-state index in [2.05, 4.69) is 107 Å². The van der Waals surface area contributed by atoms with Gasteiger partial charge in [0.25, 0.3) is 0 Å². The van der Waals surface area contributed by atoms with Crippen molar-refractivity contribution in [1.82, 2.24) is 0 Å². The molecule has 0 amide bonds. The van der Waals surface area contributed by atoms with Crippen LogP contribution in [0.25, 0.3) is 0 Å². The maximum atomic E-state index is 2.42. The maximum absolute atomic E-state index is 2.42. The fraction of sp³-hybridized carbons (Fsp3) is 1.00. The van der Waals surface area contributed by atoms with Gasteiger partial charge in [-0.05, 0) is 12.8 Å². The third kappa shape index (κ3) is 10.4.